The van der Waals surface area contributed by atoms with Gasteiger partial charge in [-0.1, -0.05) is 0 Å². The largest absolute Gasteiger partial charge is 0.452 e. The van der Waals surface area contributed by atoms with Crippen LogP contribution in [0.2, 0.25) is 0 Å². The van der Waals surface area contributed by atoms with E-state index in [0.29, 0.717) is 12.2 Å². The summed E-state index contributed by atoms with van der Waals surface area (Å²) in [5.41, 5.74) is 6.55. The zero-order chi connectivity index (χ0) is 14.8. The Labute approximate surface area is 130 Å². The average Bonchev–Trinajstić information content (AvgIpc) is 2.97. The number of hydrogen-bond acceptors (Lipinski definition) is 5. The fraction of sp³-hybridized carbons (Fsp3) is 0.333. The fourth-order valence-electron chi connectivity index (χ4n) is 1.81. The topological polar surface area (TPSA) is 85.3 Å². The van der Waals surface area contributed by atoms with E-state index in [1.165, 1.54) is 6.07 Å². The molecule has 0 fully saturated rings. The summed E-state index contributed by atoms with van der Waals surface area (Å²) in [6.45, 7) is 1.98. The van der Waals surface area contributed by atoms with Crippen LogP contribution in [0, 0.1) is 0 Å². The number of sulfonamides is 1. The molecule has 0 bridgehead atoms. The van der Waals surface area contributed by atoms with E-state index >= 15 is 0 Å². The van der Waals surface area contributed by atoms with E-state index in [9.17, 15) is 8.42 Å². The highest BCUT2D eigenvalue weighted by Crippen LogP contribution is 2.26. The van der Waals surface area contributed by atoms with E-state index in [0.717, 1.165) is 5.56 Å². The summed E-state index contributed by atoms with van der Waals surface area (Å²) in [6, 6.07) is 3.21. The minimum atomic E-state index is -3.63. The second-order valence-electron chi connectivity index (χ2n) is 4.41. The first kappa shape index (κ1) is 15.7. The number of furan rings is 1. The molecule has 0 aliphatic carbocycles. The van der Waals surface area contributed by atoms with E-state index in [-0.39, 0.29) is 22.2 Å². The van der Waals surface area contributed by atoms with Crippen molar-refractivity contribution in [3.63, 3.8) is 0 Å². The minimum absolute atomic E-state index is 0.0788. The summed E-state index contributed by atoms with van der Waals surface area (Å²) in [5, 5.41) is 3.97. The van der Waals surface area contributed by atoms with Gasteiger partial charge in [0.25, 0.3) is 0 Å². The molecule has 8 heteroatoms. The molecule has 0 aliphatic heterocycles. The zero-order valence-corrected chi connectivity index (χ0v) is 14.0. The molecule has 2 rings (SSSR count). The molecule has 2 heterocycles. The van der Waals surface area contributed by atoms with Crippen molar-refractivity contribution in [3.8, 4) is 0 Å². The normalized spacial score (nSPS) is 13.6. The van der Waals surface area contributed by atoms with Crippen molar-refractivity contribution in [1.29, 1.82) is 0 Å². The van der Waals surface area contributed by atoms with E-state index in [2.05, 4.69) is 20.7 Å². The molecule has 3 N–H and O–H groups in total. The molecule has 5 nitrogen and oxygen atoms in total. The highest BCUT2D eigenvalue weighted by molar-refractivity contribution is 9.10. The smallest absolute Gasteiger partial charge is 0.245 e. The zero-order valence-electron chi connectivity index (χ0n) is 10.8. The lowest BCUT2D eigenvalue weighted by Crippen LogP contribution is -2.34. The summed E-state index contributed by atoms with van der Waals surface area (Å²) < 4.78 is 32.6. The van der Waals surface area contributed by atoms with Crippen molar-refractivity contribution in [1.82, 2.24) is 4.72 Å². The van der Waals surface area contributed by atoms with Gasteiger partial charge in [-0.25, -0.2) is 13.1 Å². The number of thiophene rings is 1. The summed E-state index contributed by atoms with van der Waals surface area (Å²) in [7, 11) is -3.63. The van der Waals surface area contributed by atoms with Gasteiger partial charge in [0, 0.05) is 12.1 Å². The minimum Gasteiger partial charge on any atom is -0.452 e. The molecular weight excluding hydrogens is 364 g/mol. The first-order valence-electron chi connectivity index (χ1n) is 5.94. The molecule has 1 unspecified atom stereocenters. The van der Waals surface area contributed by atoms with Crippen LogP contribution in [0.25, 0.3) is 0 Å². The van der Waals surface area contributed by atoms with Crippen molar-refractivity contribution < 1.29 is 12.8 Å². The Kier molecular flexibility index (Phi) is 5.03. The van der Waals surface area contributed by atoms with Crippen molar-refractivity contribution >= 4 is 37.3 Å². The third kappa shape index (κ3) is 3.70. The van der Waals surface area contributed by atoms with Crippen molar-refractivity contribution in [2.24, 2.45) is 5.73 Å². The van der Waals surface area contributed by atoms with Gasteiger partial charge in [-0.3, -0.25) is 0 Å². The fourth-order valence-corrected chi connectivity index (χ4v) is 4.74. The molecular formula is C12H15BrN2O3S2. The molecule has 110 valence electrons. The Hall–Kier alpha value is -0.670. The Morgan fingerprint density at radius 1 is 1.55 bits per heavy atom. The highest BCUT2D eigenvalue weighted by atomic mass is 79.9. The third-order valence-electron chi connectivity index (χ3n) is 2.68. The summed E-state index contributed by atoms with van der Waals surface area (Å²) in [6.07, 6.45) is 0.641. The predicted molar refractivity (Wildman–Crippen MR) is 82.1 cm³/mol. The maximum Gasteiger partial charge on any atom is 0.245 e. The molecule has 0 saturated carbocycles. The summed E-state index contributed by atoms with van der Waals surface area (Å²) in [4.78, 5) is 0.0788. The van der Waals surface area contributed by atoms with E-state index in [4.69, 9.17) is 10.2 Å². The van der Waals surface area contributed by atoms with E-state index in [1.54, 1.807) is 11.3 Å². The molecule has 1 atom stereocenters. The average molecular weight is 379 g/mol. The first-order valence-corrected chi connectivity index (χ1v) is 9.16. The lowest BCUT2D eigenvalue weighted by molar-refractivity contribution is 0.483. The molecule has 0 amide bonds. The second-order valence-corrected chi connectivity index (χ2v) is 7.60. The van der Waals surface area contributed by atoms with E-state index in [1.807, 2.05) is 23.8 Å². The lowest BCUT2D eigenvalue weighted by Gasteiger charge is -2.12. The van der Waals surface area contributed by atoms with Crippen LogP contribution >= 0.6 is 27.3 Å². The van der Waals surface area contributed by atoms with Crippen LogP contribution in [0.5, 0.6) is 0 Å². The number of nitrogens with one attached hydrogen (secondary N) is 1. The first-order chi connectivity index (χ1) is 9.42. The van der Waals surface area contributed by atoms with Crippen LogP contribution in [0.1, 0.15) is 18.2 Å². The summed E-state index contributed by atoms with van der Waals surface area (Å²) in [5.74, 6) is 0.419. The Balaban J connectivity index is 2.12. The Morgan fingerprint density at radius 3 is 2.85 bits per heavy atom. The van der Waals surface area contributed by atoms with Crippen molar-refractivity contribution in [2.75, 3.05) is 0 Å². The standard InChI is InChI=1S/C12H15BrN2O3S2/c1-8(4-9-2-3-19-7-9)15-20(16,17)11-5-10(6-14)18-12(11)13/h2-3,5,7-8,15H,4,6,14H2,1H3. The van der Waals surface area contributed by atoms with Crippen molar-refractivity contribution in [2.45, 2.75) is 30.8 Å². The number of halogens is 1. The Bertz CT molecular complexity index is 665. The molecule has 0 aliphatic rings. The quantitative estimate of drug-likeness (QED) is 0.808. The van der Waals surface area contributed by atoms with Crippen LogP contribution in [-0.2, 0) is 23.0 Å². The number of nitrogens with two attached hydrogens (primary N) is 1. The van der Waals surface area contributed by atoms with Crippen LogP contribution in [0.15, 0.2) is 36.9 Å². The van der Waals surface area contributed by atoms with Gasteiger partial charge in [0.1, 0.15) is 10.7 Å². The molecule has 2 aromatic rings. The lowest BCUT2D eigenvalue weighted by atomic mass is 10.1. The molecule has 0 spiro atoms. The summed E-state index contributed by atoms with van der Waals surface area (Å²) >= 11 is 4.70. The molecule has 0 saturated heterocycles. The third-order valence-corrected chi connectivity index (χ3v) is 5.85. The number of hydrogen-bond donors (Lipinski definition) is 2. The molecule has 20 heavy (non-hydrogen) atoms. The molecule has 0 aromatic carbocycles. The second kappa shape index (κ2) is 6.40. The van der Waals surface area contributed by atoms with Crippen LogP contribution < -0.4 is 10.5 Å². The van der Waals surface area contributed by atoms with Gasteiger partial charge in [-0.05, 0) is 51.7 Å². The van der Waals surface area contributed by atoms with Gasteiger partial charge in [-0.15, -0.1) is 0 Å². The van der Waals surface area contributed by atoms with Gasteiger partial charge in [0.15, 0.2) is 4.67 Å². The van der Waals surface area contributed by atoms with Crippen LogP contribution in [0.4, 0.5) is 0 Å². The van der Waals surface area contributed by atoms with Crippen LogP contribution in [-0.4, -0.2) is 14.5 Å². The van der Waals surface area contributed by atoms with E-state index < -0.39 is 10.0 Å². The highest BCUT2D eigenvalue weighted by Gasteiger charge is 2.24. The SMILES string of the molecule is CC(Cc1ccsc1)NS(=O)(=O)c1cc(CN)oc1Br. The maximum absolute atomic E-state index is 12.3. The predicted octanol–water partition coefficient (Wildman–Crippen LogP) is 2.47. The van der Waals surface area contributed by atoms with Crippen molar-refractivity contribution in [3.05, 3.63) is 38.9 Å². The molecule has 2 aromatic heterocycles. The maximum atomic E-state index is 12.3. The van der Waals surface area contributed by atoms with Gasteiger partial charge < -0.3 is 10.2 Å². The van der Waals surface area contributed by atoms with Gasteiger partial charge >= 0.3 is 0 Å². The van der Waals surface area contributed by atoms with Gasteiger partial charge in [0.2, 0.25) is 10.0 Å². The monoisotopic (exact) mass is 378 g/mol. The Morgan fingerprint density at radius 2 is 2.30 bits per heavy atom. The van der Waals surface area contributed by atoms with Gasteiger partial charge in [0.05, 0.1) is 6.54 Å². The van der Waals surface area contributed by atoms with Gasteiger partial charge in [-0.2, -0.15) is 11.3 Å². The van der Waals surface area contributed by atoms with Crippen LogP contribution in [0.3, 0.4) is 0 Å². The molecule has 0 radical (unpaired) electrons. The number of rotatable bonds is 6.